The highest BCUT2D eigenvalue weighted by Gasteiger charge is 2.15. The molecule has 0 aliphatic heterocycles. The number of hydrogen-bond acceptors (Lipinski definition) is 3. The van der Waals surface area contributed by atoms with E-state index < -0.39 is 35.7 Å². The molecule has 0 spiro atoms. The van der Waals surface area contributed by atoms with E-state index in [0.29, 0.717) is 0 Å². The van der Waals surface area contributed by atoms with Crippen LogP contribution in [-0.4, -0.2) is 18.5 Å². The summed E-state index contributed by atoms with van der Waals surface area (Å²) >= 11 is 0. The van der Waals surface area contributed by atoms with Crippen molar-refractivity contribution in [3.63, 3.8) is 0 Å². The van der Waals surface area contributed by atoms with Gasteiger partial charge in [-0.1, -0.05) is 31.2 Å². The van der Waals surface area contributed by atoms with Gasteiger partial charge in [0.2, 0.25) is 0 Å². The predicted molar refractivity (Wildman–Crippen MR) is 84.3 cm³/mol. The van der Waals surface area contributed by atoms with Crippen LogP contribution in [0.1, 0.15) is 28.4 Å². The number of carbonyl (C=O) groups is 2. The number of hydrogen-bond donors (Lipinski definition) is 1. The summed E-state index contributed by atoms with van der Waals surface area (Å²) in [6.07, 6.45) is 0.930. The van der Waals surface area contributed by atoms with E-state index in [1.807, 2.05) is 31.2 Å². The van der Waals surface area contributed by atoms with Crippen molar-refractivity contribution in [3.8, 4) is 0 Å². The number of carbonyl (C=O) groups excluding carboxylic acids is 2. The van der Waals surface area contributed by atoms with Gasteiger partial charge in [0.05, 0.1) is 5.56 Å². The van der Waals surface area contributed by atoms with Crippen LogP contribution in [0.3, 0.4) is 0 Å². The molecule has 0 aliphatic rings. The molecule has 0 saturated carbocycles. The Kier molecular flexibility index (Phi) is 6.01. The van der Waals surface area contributed by atoms with Crippen LogP contribution in [-0.2, 0) is 22.5 Å². The van der Waals surface area contributed by atoms with Crippen molar-refractivity contribution in [2.75, 3.05) is 6.61 Å². The Hall–Kier alpha value is -2.76. The summed E-state index contributed by atoms with van der Waals surface area (Å²) in [5.41, 5.74) is 1.55. The van der Waals surface area contributed by atoms with Gasteiger partial charge in [0.1, 0.15) is 11.6 Å². The first-order valence-electron chi connectivity index (χ1n) is 7.46. The molecule has 2 aromatic carbocycles. The van der Waals surface area contributed by atoms with Gasteiger partial charge in [-0.05, 0) is 35.7 Å². The smallest absolute Gasteiger partial charge is 0.341 e. The maximum absolute atomic E-state index is 13.4. The van der Waals surface area contributed by atoms with Gasteiger partial charge in [0.15, 0.2) is 6.61 Å². The quantitative estimate of drug-likeness (QED) is 0.827. The van der Waals surface area contributed by atoms with E-state index in [2.05, 4.69) is 5.32 Å². The number of esters is 1. The summed E-state index contributed by atoms with van der Waals surface area (Å²) in [5.74, 6) is -3.28. The Morgan fingerprint density at radius 1 is 1.04 bits per heavy atom. The third-order valence-electron chi connectivity index (χ3n) is 3.40. The molecule has 4 nitrogen and oxygen atoms in total. The van der Waals surface area contributed by atoms with E-state index in [4.69, 9.17) is 4.74 Å². The van der Waals surface area contributed by atoms with Gasteiger partial charge >= 0.3 is 5.97 Å². The van der Waals surface area contributed by atoms with Crippen LogP contribution in [0.25, 0.3) is 0 Å². The lowest BCUT2D eigenvalue weighted by Crippen LogP contribution is -2.28. The first-order valence-corrected chi connectivity index (χ1v) is 7.46. The molecule has 2 aromatic rings. The van der Waals surface area contributed by atoms with Crippen LogP contribution in [0.5, 0.6) is 0 Å². The van der Waals surface area contributed by atoms with Crippen LogP contribution in [0.2, 0.25) is 0 Å². The average Bonchev–Trinajstić information content (AvgIpc) is 2.60. The topological polar surface area (TPSA) is 55.4 Å². The zero-order chi connectivity index (χ0) is 17.5. The van der Waals surface area contributed by atoms with Crippen molar-refractivity contribution in [2.45, 2.75) is 19.9 Å². The fraction of sp³-hybridized carbons (Fsp3) is 0.222. The number of halogens is 2. The molecule has 0 radical (unpaired) electrons. The Morgan fingerprint density at radius 3 is 2.38 bits per heavy atom. The SMILES string of the molecule is CCc1ccc(CNC(=O)COC(=O)c2cc(F)ccc2F)cc1. The Bertz CT molecular complexity index is 730. The van der Waals surface area contributed by atoms with Crippen LogP contribution in [0.15, 0.2) is 42.5 Å². The molecule has 6 heteroatoms. The van der Waals surface area contributed by atoms with E-state index in [0.717, 1.165) is 30.2 Å². The van der Waals surface area contributed by atoms with Gasteiger partial charge in [0, 0.05) is 6.54 Å². The Labute approximate surface area is 138 Å². The molecule has 0 aliphatic carbocycles. The van der Waals surface area contributed by atoms with Gasteiger partial charge < -0.3 is 10.1 Å². The maximum Gasteiger partial charge on any atom is 0.341 e. The standard InChI is InChI=1S/C18H17F2NO3/c1-2-12-3-5-13(6-4-12)10-21-17(22)11-24-18(23)15-9-14(19)7-8-16(15)20/h3-9H,2,10-11H2,1H3,(H,21,22). The van der Waals surface area contributed by atoms with Gasteiger partial charge in [-0.15, -0.1) is 0 Å². The Morgan fingerprint density at radius 2 is 1.71 bits per heavy atom. The highest BCUT2D eigenvalue weighted by molar-refractivity contribution is 5.91. The van der Waals surface area contributed by atoms with E-state index in [1.165, 1.54) is 5.56 Å². The molecule has 0 unspecified atom stereocenters. The fourth-order valence-electron chi connectivity index (χ4n) is 2.01. The molecule has 2 rings (SSSR count). The Balaban J connectivity index is 1.82. The zero-order valence-electron chi connectivity index (χ0n) is 13.1. The van der Waals surface area contributed by atoms with Crippen LogP contribution < -0.4 is 5.32 Å². The zero-order valence-corrected chi connectivity index (χ0v) is 13.1. The first kappa shape index (κ1) is 17.6. The van der Waals surface area contributed by atoms with Crippen molar-refractivity contribution in [2.24, 2.45) is 0 Å². The second-order valence-electron chi connectivity index (χ2n) is 5.15. The third kappa shape index (κ3) is 4.87. The van der Waals surface area contributed by atoms with Gasteiger partial charge in [-0.3, -0.25) is 4.79 Å². The number of amides is 1. The first-order chi connectivity index (χ1) is 11.5. The van der Waals surface area contributed by atoms with Crippen molar-refractivity contribution < 1.29 is 23.1 Å². The van der Waals surface area contributed by atoms with Gasteiger partial charge in [-0.2, -0.15) is 0 Å². The minimum atomic E-state index is -1.09. The molecule has 0 heterocycles. The third-order valence-corrected chi connectivity index (χ3v) is 3.40. The highest BCUT2D eigenvalue weighted by atomic mass is 19.1. The molecule has 0 aromatic heterocycles. The molecule has 0 bridgehead atoms. The minimum Gasteiger partial charge on any atom is -0.452 e. The molecule has 0 atom stereocenters. The van der Waals surface area contributed by atoms with E-state index in [1.54, 1.807) is 0 Å². The van der Waals surface area contributed by atoms with Crippen molar-refractivity contribution >= 4 is 11.9 Å². The van der Waals surface area contributed by atoms with Crippen LogP contribution in [0, 0.1) is 11.6 Å². The lowest BCUT2D eigenvalue weighted by Gasteiger charge is -2.08. The van der Waals surface area contributed by atoms with Crippen LogP contribution >= 0.6 is 0 Å². The summed E-state index contributed by atoms with van der Waals surface area (Å²) in [7, 11) is 0. The molecule has 1 N–H and O–H groups in total. The molecule has 24 heavy (non-hydrogen) atoms. The molecule has 0 fully saturated rings. The monoisotopic (exact) mass is 333 g/mol. The summed E-state index contributed by atoms with van der Waals surface area (Å²) in [4.78, 5) is 23.3. The number of nitrogens with one attached hydrogen (secondary N) is 1. The molecule has 0 saturated heterocycles. The number of aryl methyl sites for hydroxylation is 1. The largest absolute Gasteiger partial charge is 0.452 e. The lowest BCUT2D eigenvalue weighted by molar-refractivity contribution is -0.124. The molecular formula is C18H17F2NO3. The second kappa shape index (κ2) is 8.19. The molecule has 1 amide bonds. The molecule has 126 valence electrons. The normalized spacial score (nSPS) is 10.3. The van der Waals surface area contributed by atoms with Gasteiger partial charge in [-0.25, -0.2) is 13.6 Å². The van der Waals surface area contributed by atoms with Crippen molar-refractivity contribution in [3.05, 3.63) is 70.8 Å². The second-order valence-corrected chi connectivity index (χ2v) is 5.15. The van der Waals surface area contributed by atoms with E-state index >= 15 is 0 Å². The predicted octanol–water partition coefficient (Wildman–Crippen LogP) is 3.00. The number of ether oxygens (including phenoxy) is 1. The van der Waals surface area contributed by atoms with E-state index in [-0.39, 0.29) is 6.54 Å². The number of benzene rings is 2. The highest BCUT2D eigenvalue weighted by Crippen LogP contribution is 2.11. The maximum atomic E-state index is 13.4. The summed E-state index contributed by atoms with van der Waals surface area (Å²) in [6.45, 7) is 1.77. The minimum absolute atomic E-state index is 0.286. The van der Waals surface area contributed by atoms with Crippen LogP contribution in [0.4, 0.5) is 8.78 Å². The number of rotatable bonds is 6. The van der Waals surface area contributed by atoms with Crippen molar-refractivity contribution in [1.29, 1.82) is 0 Å². The summed E-state index contributed by atoms with van der Waals surface area (Å²) in [6, 6.07) is 10.2. The van der Waals surface area contributed by atoms with E-state index in [9.17, 15) is 18.4 Å². The van der Waals surface area contributed by atoms with Gasteiger partial charge in [0.25, 0.3) is 5.91 Å². The average molecular weight is 333 g/mol. The summed E-state index contributed by atoms with van der Waals surface area (Å²) < 4.78 is 31.1. The summed E-state index contributed by atoms with van der Waals surface area (Å²) in [5, 5.41) is 2.59. The van der Waals surface area contributed by atoms with Crippen molar-refractivity contribution in [1.82, 2.24) is 5.32 Å². The fourth-order valence-corrected chi connectivity index (χ4v) is 2.01. The lowest BCUT2D eigenvalue weighted by atomic mass is 10.1. The molecular weight excluding hydrogens is 316 g/mol.